The van der Waals surface area contributed by atoms with Crippen LogP contribution in [-0.4, -0.2) is 25.5 Å². The highest BCUT2D eigenvalue weighted by Crippen LogP contribution is 2.24. The highest BCUT2D eigenvalue weighted by Gasteiger charge is 2.04. The Labute approximate surface area is 131 Å². The maximum absolute atomic E-state index is 12.8. The zero-order valence-electron chi connectivity index (χ0n) is 13.2. The van der Waals surface area contributed by atoms with Crippen molar-refractivity contribution in [3.05, 3.63) is 59.4 Å². The van der Waals surface area contributed by atoms with E-state index >= 15 is 0 Å². The predicted octanol–water partition coefficient (Wildman–Crippen LogP) is 3.48. The summed E-state index contributed by atoms with van der Waals surface area (Å²) in [5.41, 5.74) is 8.82. The average Bonchev–Trinajstić information content (AvgIpc) is 2.48. The van der Waals surface area contributed by atoms with Crippen LogP contribution in [-0.2, 0) is 13.0 Å². The number of hydrogen-bond donors (Lipinski definition) is 1. The molecule has 3 nitrogen and oxygen atoms in total. The second-order valence-corrected chi connectivity index (χ2v) is 5.69. The first-order chi connectivity index (χ1) is 10.5. The molecule has 0 heterocycles. The van der Waals surface area contributed by atoms with E-state index in [9.17, 15) is 4.39 Å². The van der Waals surface area contributed by atoms with Gasteiger partial charge in [-0.1, -0.05) is 18.2 Å². The van der Waals surface area contributed by atoms with Gasteiger partial charge in [0.05, 0.1) is 5.69 Å². The lowest BCUT2D eigenvalue weighted by molar-refractivity contribution is 0.307. The third-order valence-corrected chi connectivity index (χ3v) is 3.45. The molecule has 4 heteroatoms. The quantitative estimate of drug-likeness (QED) is 0.796. The van der Waals surface area contributed by atoms with Crippen molar-refractivity contribution in [3.63, 3.8) is 0 Å². The van der Waals surface area contributed by atoms with Crippen molar-refractivity contribution in [1.29, 1.82) is 0 Å². The van der Waals surface area contributed by atoms with Crippen molar-refractivity contribution in [2.45, 2.75) is 19.4 Å². The summed E-state index contributed by atoms with van der Waals surface area (Å²) in [7, 11) is 4.14. The Morgan fingerprint density at radius 1 is 1.05 bits per heavy atom. The van der Waals surface area contributed by atoms with Gasteiger partial charge < -0.3 is 15.4 Å². The normalized spacial score (nSPS) is 10.9. The molecule has 0 aromatic heterocycles. The number of nitrogen functional groups attached to an aromatic ring is 1. The van der Waals surface area contributed by atoms with Gasteiger partial charge in [-0.25, -0.2) is 4.39 Å². The van der Waals surface area contributed by atoms with Crippen LogP contribution in [0.1, 0.15) is 17.5 Å². The van der Waals surface area contributed by atoms with E-state index in [-0.39, 0.29) is 5.82 Å². The van der Waals surface area contributed by atoms with E-state index in [0.29, 0.717) is 18.0 Å². The molecular weight excluding hydrogens is 279 g/mol. The fourth-order valence-corrected chi connectivity index (χ4v) is 2.23. The Bertz CT molecular complexity index is 597. The van der Waals surface area contributed by atoms with E-state index in [4.69, 9.17) is 10.5 Å². The maximum Gasteiger partial charge on any atom is 0.142 e. The van der Waals surface area contributed by atoms with Crippen LogP contribution in [0.2, 0.25) is 0 Å². The Morgan fingerprint density at radius 2 is 1.73 bits per heavy atom. The molecule has 0 bridgehead atoms. The number of hydrogen-bond acceptors (Lipinski definition) is 3. The minimum absolute atomic E-state index is 0.245. The van der Waals surface area contributed by atoms with Crippen molar-refractivity contribution in [2.75, 3.05) is 26.4 Å². The summed E-state index contributed by atoms with van der Waals surface area (Å²) in [6.07, 6.45) is 2.10. The van der Waals surface area contributed by atoms with Crippen LogP contribution in [0.4, 0.5) is 10.1 Å². The van der Waals surface area contributed by atoms with E-state index in [0.717, 1.165) is 24.9 Å². The SMILES string of the molecule is CN(C)CCCc1ccc(OCc2ccc(F)cc2)c(N)c1. The van der Waals surface area contributed by atoms with Gasteiger partial charge in [-0.15, -0.1) is 0 Å². The van der Waals surface area contributed by atoms with Crippen molar-refractivity contribution >= 4 is 5.69 Å². The Kier molecular flexibility index (Phi) is 5.78. The first kappa shape index (κ1) is 16.3. The largest absolute Gasteiger partial charge is 0.487 e. The van der Waals surface area contributed by atoms with Crippen molar-refractivity contribution in [1.82, 2.24) is 4.90 Å². The van der Waals surface area contributed by atoms with E-state index in [1.165, 1.54) is 17.7 Å². The van der Waals surface area contributed by atoms with E-state index in [1.54, 1.807) is 12.1 Å². The molecule has 22 heavy (non-hydrogen) atoms. The van der Waals surface area contributed by atoms with Crippen molar-refractivity contribution in [3.8, 4) is 5.75 Å². The molecule has 0 amide bonds. The molecule has 0 aliphatic rings. The van der Waals surface area contributed by atoms with Gasteiger partial charge in [-0.3, -0.25) is 0 Å². The van der Waals surface area contributed by atoms with Crippen LogP contribution < -0.4 is 10.5 Å². The van der Waals surface area contributed by atoms with Crippen LogP contribution >= 0.6 is 0 Å². The minimum Gasteiger partial charge on any atom is -0.487 e. The summed E-state index contributed by atoms with van der Waals surface area (Å²) >= 11 is 0. The van der Waals surface area contributed by atoms with Gasteiger partial charge in [-0.05, 0) is 68.9 Å². The van der Waals surface area contributed by atoms with Crippen LogP contribution in [0, 0.1) is 5.82 Å². The third kappa shape index (κ3) is 5.04. The van der Waals surface area contributed by atoms with Gasteiger partial charge in [0, 0.05) is 0 Å². The second-order valence-electron chi connectivity index (χ2n) is 5.69. The lowest BCUT2D eigenvalue weighted by Crippen LogP contribution is -2.13. The number of benzene rings is 2. The molecule has 2 aromatic rings. The molecule has 0 aliphatic carbocycles. The average molecular weight is 302 g/mol. The molecule has 0 spiro atoms. The molecule has 0 saturated carbocycles. The maximum atomic E-state index is 12.8. The highest BCUT2D eigenvalue weighted by molar-refractivity contribution is 5.54. The number of halogens is 1. The predicted molar refractivity (Wildman–Crippen MR) is 88.5 cm³/mol. The van der Waals surface area contributed by atoms with Crippen LogP contribution in [0.3, 0.4) is 0 Å². The summed E-state index contributed by atoms with van der Waals surface area (Å²) < 4.78 is 18.6. The van der Waals surface area contributed by atoms with Crippen LogP contribution in [0.15, 0.2) is 42.5 Å². The van der Waals surface area contributed by atoms with E-state index in [2.05, 4.69) is 19.0 Å². The van der Waals surface area contributed by atoms with Crippen molar-refractivity contribution in [2.24, 2.45) is 0 Å². The van der Waals surface area contributed by atoms with Gasteiger partial charge in [-0.2, -0.15) is 0 Å². The molecule has 0 unspecified atom stereocenters. The van der Waals surface area contributed by atoms with Crippen LogP contribution in [0.25, 0.3) is 0 Å². The van der Waals surface area contributed by atoms with E-state index < -0.39 is 0 Å². The summed E-state index contributed by atoms with van der Waals surface area (Å²) in [4.78, 5) is 2.17. The first-order valence-corrected chi connectivity index (χ1v) is 7.45. The molecule has 118 valence electrons. The minimum atomic E-state index is -0.245. The molecule has 0 aliphatic heterocycles. The lowest BCUT2D eigenvalue weighted by Gasteiger charge is -2.12. The molecule has 0 saturated heterocycles. The van der Waals surface area contributed by atoms with Gasteiger partial charge in [0.15, 0.2) is 0 Å². The molecule has 2 rings (SSSR count). The smallest absolute Gasteiger partial charge is 0.142 e. The van der Waals surface area contributed by atoms with Gasteiger partial charge in [0.1, 0.15) is 18.2 Å². The number of rotatable bonds is 7. The molecule has 0 fully saturated rings. The summed E-state index contributed by atoms with van der Waals surface area (Å²) in [5.74, 6) is 0.422. The summed E-state index contributed by atoms with van der Waals surface area (Å²) in [5, 5.41) is 0. The fraction of sp³-hybridized carbons (Fsp3) is 0.333. The van der Waals surface area contributed by atoms with Crippen LogP contribution in [0.5, 0.6) is 5.75 Å². The van der Waals surface area contributed by atoms with Gasteiger partial charge in [0.25, 0.3) is 0 Å². The Morgan fingerprint density at radius 3 is 2.36 bits per heavy atom. The number of nitrogens with two attached hydrogens (primary N) is 1. The Balaban J connectivity index is 1.90. The number of nitrogens with zero attached hydrogens (tertiary/aromatic N) is 1. The summed E-state index contributed by atoms with van der Waals surface area (Å²) in [6, 6.07) is 12.2. The molecule has 0 radical (unpaired) electrons. The third-order valence-electron chi connectivity index (χ3n) is 3.45. The number of anilines is 1. The molecule has 2 aromatic carbocycles. The number of aryl methyl sites for hydroxylation is 1. The van der Waals surface area contributed by atoms with Gasteiger partial charge >= 0.3 is 0 Å². The standard InChI is InChI=1S/C18H23FN2O/c1-21(2)11-3-4-14-7-10-18(17(20)12-14)22-13-15-5-8-16(19)9-6-15/h5-10,12H,3-4,11,13,20H2,1-2H3. The zero-order valence-corrected chi connectivity index (χ0v) is 13.2. The summed E-state index contributed by atoms with van der Waals surface area (Å²) in [6.45, 7) is 1.44. The highest BCUT2D eigenvalue weighted by atomic mass is 19.1. The molecule has 0 atom stereocenters. The zero-order chi connectivity index (χ0) is 15.9. The molecule has 2 N–H and O–H groups in total. The van der Waals surface area contributed by atoms with Crippen molar-refractivity contribution < 1.29 is 9.13 Å². The fourth-order valence-electron chi connectivity index (χ4n) is 2.23. The monoisotopic (exact) mass is 302 g/mol. The first-order valence-electron chi connectivity index (χ1n) is 7.45. The van der Waals surface area contributed by atoms with E-state index in [1.807, 2.05) is 18.2 Å². The second kappa shape index (κ2) is 7.80. The number of ether oxygens (including phenoxy) is 1. The molecular formula is C18H23FN2O. The topological polar surface area (TPSA) is 38.5 Å². The van der Waals surface area contributed by atoms with Gasteiger partial charge in [0.2, 0.25) is 0 Å². The Hall–Kier alpha value is -2.07. The lowest BCUT2D eigenvalue weighted by atomic mass is 10.1.